The van der Waals surface area contributed by atoms with Crippen LogP contribution in [0.3, 0.4) is 0 Å². The lowest BCUT2D eigenvalue weighted by atomic mass is 10.0. The molecule has 1 heterocycles. The van der Waals surface area contributed by atoms with Crippen LogP contribution in [-0.2, 0) is 11.3 Å². The smallest absolute Gasteiger partial charge is 0.255 e. The van der Waals surface area contributed by atoms with Gasteiger partial charge in [0.05, 0.1) is 5.02 Å². The van der Waals surface area contributed by atoms with Gasteiger partial charge in [-0.2, -0.15) is 0 Å². The maximum atomic E-state index is 10.7. The number of amides is 1. The van der Waals surface area contributed by atoms with E-state index in [9.17, 15) is 4.79 Å². The monoisotopic (exact) mass is 308 g/mol. The molecule has 5 heteroatoms. The zero-order valence-corrected chi connectivity index (χ0v) is 13.1. The van der Waals surface area contributed by atoms with E-state index in [-0.39, 0.29) is 6.61 Å². The van der Waals surface area contributed by atoms with E-state index in [1.54, 1.807) is 6.07 Å². The van der Waals surface area contributed by atoms with Crippen molar-refractivity contribution in [3.05, 3.63) is 40.9 Å². The molecular formula is C16H21ClN2O2. The summed E-state index contributed by atoms with van der Waals surface area (Å²) in [5.74, 6) is 0.551. The molecule has 4 nitrogen and oxygen atoms in total. The Kier molecular flexibility index (Phi) is 5.26. The van der Waals surface area contributed by atoms with Crippen molar-refractivity contribution in [1.82, 2.24) is 4.90 Å². The highest BCUT2D eigenvalue weighted by Gasteiger charge is 2.22. The summed E-state index contributed by atoms with van der Waals surface area (Å²) in [6.45, 7) is 6.08. The summed E-state index contributed by atoms with van der Waals surface area (Å²) >= 11 is 6.19. The predicted molar refractivity (Wildman–Crippen MR) is 84.3 cm³/mol. The number of carbonyl (C=O) groups is 1. The molecule has 1 atom stereocenters. The second kappa shape index (κ2) is 6.96. The molecule has 0 aromatic heterocycles. The molecule has 1 aliphatic rings. The number of nitrogens with two attached hydrogens (primary N) is 1. The highest BCUT2D eigenvalue weighted by molar-refractivity contribution is 6.32. The van der Waals surface area contributed by atoms with Crippen molar-refractivity contribution in [3.63, 3.8) is 0 Å². The normalized spacial score (nSPS) is 18.4. The number of rotatable bonds is 6. The van der Waals surface area contributed by atoms with E-state index in [2.05, 4.69) is 30.9 Å². The average molecular weight is 309 g/mol. The Labute approximate surface area is 130 Å². The van der Waals surface area contributed by atoms with Crippen LogP contribution in [0.5, 0.6) is 5.75 Å². The lowest BCUT2D eigenvalue weighted by Gasteiger charge is -2.27. The van der Waals surface area contributed by atoms with Gasteiger partial charge in [-0.05, 0) is 23.6 Å². The van der Waals surface area contributed by atoms with Crippen molar-refractivity contribution < 1.29 is 9.53 Å². The van der Waals surface area contributed by atoms with Crippen molar-refractivity contribution in [2.45, 2.75) is 26.4 Å². The molecule has 21 heavy (non-hydrogen) atoms. The number of ether oxygens (including phenoxy) is 1. The zero-order valence-electron chi connectivity index (χ0n) is 12.4. The summed E-state index contributed by atoms with van der Waals surface area (Å²) in [7, 11) is 0. The fraction of sp³-hybridized carbons (Fsp3) is 0.438. The van der Waals surface area contributed by atoms with Gasteiger partial charge in [0.1, 0.15) is 5.75 Å². The minimum absolute atomic E-state index is 0.162. The Morgan fingerprint density at radius 1 is 1.52 bits per heavy atom. The summed E-state index contributed by atoms with van der Waals surface area (Å²) in [6, 6.07) is 6.11. The molecule has 1 aliphatic heterocycles. The fourth-order valence-electron chi connectivity index (χ4n) is 2.54. The summed E-state index contributed by atoms with van der Waals surface area (Å²) in [5.41, 5.74) is 6.18. The number of hydrogen-bond acceptors (Lipinski definition) is 3. The third kappa shape index (κ3) is 4.22. The Balaban J connectivity index is 2.02. The highest BCUT2D eigenvalue weighted by Crippen LogP contribution is 2.27. The van der Waals surface area contributed by atoms with Crippen LogP contribution in [0.15, 0.2) is 30.4 Å². The van der Waals surface area contributed by atoms with Crippen LogP contribution in [0.1, 0.15) is 19.4 Å². The molecule has 0 saturated carbocycles. The van der Waals surface area contributed by atoms with Gasteiger partial charge in [-0.3, -0.25) is 9.69 Å². The summed E-state index contributed by atoms with van der Waals surface area (Å²) < 4.78 is 5.25. The molecule has 2 N–H and O–H groups in total. The Hall–Kier alpha value is -1.52. The maximum absolute atomic E-state index is 10.7. The molecular weight excluding hydrogens is 288 g/mol. The molecule has 0 unspecified atom stereocenters. The van der Waals surface area contributed by atoms with Crippen molar-refractivity contribution in [3.8, 4) is 5.75 Å². The molecule has 114 valence electrons. The molecule has 0 radical (unpaired) electrons. The second-order valence-electron chi connectivity index (χ2n) is 5.61. The number of benzene rings is 1. The molecule has 0 bridgehead atoms. The Morgan fingerprint density at radius 3 is 2.90 bits per heavy atom. The minimum atomic E-state index is -0.516. The van der Waals surface area contributed by atoms with Crippen molar-refractivity contribution in [2.75, 3.05) is 13.2 Å². The number of halogens is 1. The van der Waals surface area contributed by atoms with Gasteiger partial charge in [0.25, 0.3) is 5.91 Å². The first kappa shape index (κ1) is 15.9. The van der Waals surface area contributed by atoms with Crippen LogP contribution in [0.25, 0.3) is 0 Å². The summed E-state index contributed by atoms with van der Waals surface area (Å²) in [6.07, 6.45) is 4.47. The largest absolute Gasteiger partial charge is 0.482 e. The van der Waals surface area contributed by atoms with Crippen LogP contribution < -0.4 is 10.5 Å². The average Bonchev–Trinajstić information content (AvgIpc) is 2.86. The summed E-state index contributed by atoms with van der Waals surface area (Å²) in [5, 5.41) is 0.502. The predicted octanol–water partition coefficient (Wildman–Crippen LogP) is 2.60. The molecule has 0 aliphatic carbocycles. The first-order valence-corrected chi connectivity index (χ1v) is 7.45. The van der Waals surface area contributed by atoms with Gasteiger partial charge in [-0.25, -0.2) is 0 Å². The quantitative estimate of drug-likeness (QED) is 0.822. The third-order valence-corrected chi connectivity index (χ3v) is 3.83. The SMILES string of the molecule is CC(C)[C@@H]1C=CCN1Cc1ccc(OCC(N)=O)c(Cl)c1. The lowest BCUT2D eigenvalue weighted by Crippen LogP contribution is -2.33. The first-order valence-electron chi connectivity index (χ1n) is 7.07. The van der Waals surface area contributed by atoms with E-state index in [1.807, 2.05) is 12.1 Å². The minimum Gasteiger partial charge on any atom is -0.482 e. The van der Waals surface area contributed by atoms with Gasteiger partial charge in [0.2, 0.25) is 0 Å². The van der Waals surface area contributed by atoms with Gasteiger partial charge in [-0.1, -0.05) is 43.7 Å². The molecule has 1 aromatic rings. The number of primary amides is 1. The second-order valence-corrected chi connectivity index (χ2v) is 6.02. The number of nitrogens with zero attached hydrogens (tertiary/aromatic N) is 1. The van der Waals surface area contributed by atoms with Crippen LogP contribution in [-0.4, -0.2) is 30.0 Å². The van der Waals surface area contributed by atoms with Crippen LogP contribution in [0.2, 0.25) is 5.02 Å². The number of carbonyl (C=O) groups excluding carboxylic acids is 1. The molecule has 1 amide bonds. The maximum Gasteiger partial charge on any atom is 0.255 e. The third-order valence-electron chi connectivity index (χ3n) is 3.53. The van der Waals surface area contributed by atoms with Gasteiger partial charge < -0.3 is 10.5 Å². The van der Waals surface area contributed by atoms with Gasteiger partial charge in [0, 0.05) is 19.1 Å². The fourth-order valence-corrected chi connectivity index (χ4v) is 2.79. The zero-order chi connectivity index (χ0) is 15.4. The van der Waals surface area contributed by atoms with E-state index in [0.717, 1.165) is 18.7 Å². The van der Waals surface area contributed by atoms with Crippen LogP contribution in [0.4, 0.5) is 0 Å². The van der Waals surface area contributed by atoms with E-state index >= 15 is 0 Å². The van der Waals surface area contributed by atoms with E-state index < -0.39 is 5.91 Å². The topological polar surface area (TPSA) is 55.6 Å². The van der Waals surface area contributed by atoms with E-state index in [0.29, 0.717) is 22.7 Å². The van der Waals surface area contributed by atoms with Crippen molar-refractivity contribution >= 4 is 17.5 Å². The molecule has 0 saturated heterocycles. The van der Waals surface area contributed by atoms with Crippen molar-refractivity contribution in [1.29, 1.82) is 0 Å². The molecule has 2 rings (SSSR count). The Morgan fingerprint density at radius 2 is 2.29 bits per heavy atom. The number of hydrogen-bond donors (Lipinski definition) is 1. The van der Waals surface area contributed by atoms with Crippen LogP contribution >= 0.6 is 11.6 Å². The van der Waals surface area contributed by atoms with Crippen LogP contribution in [0, 0.1) is 5.92 Å². The molecule has 1 aromatic carbocycles. The van der Waals surface area contributed by atoms with Gasteiger partial charge >= 0.3 is 0 Å². The van der Waals surface area contributed by atoms with Gasteiger partial charge in [0.15, 0.2) is 6.61 Å². The first-order chi connectivity index (χ1) is 9.97. The molecule has 0 spiro atoms. The highest BCUT2D eigenvalue weighted by atomic mass is 35.5. The Bertz CT molecular complexity index is 543. The summed E-state index contributed by atoms with van der Waals surface area (Å²) in [4.78, 5) is 13.1. The van der Waals surface area contributed by atoms with Crippen molar-refractivity contribution in [2.24, 2.45) is 11.7 Å². The molecule has 0 fully saturated rings. The van der Waals surface area contributed by atoms with Gasteiger partial charge in [-0.15, -0.1) is 0 Å². The lowest BCUT2D eigenvalue weighted by molar-refractivity contribution is -0.119. The standard InChI is InChI=1S/C16H21ClN2O2/c1-11(2)14-4-3-7-19(14)9-12-5-6-15(13(17)8-12)21-10-16(18)20/h3-6,8,11,14H,7,9-10H2,1-2H3,(H2,18,20)/t14-/m0/s1. The van der Waals surface area contributed by atoms with E-state index in [4.69, 9.17) is 22.1 Å². The van der Waals surface area contributed by atoms with E-state index in [1.165, 1.54) is 0 Å².